The number of carbonyl (C=O) groups is 1. The summed E-state index contributed by atoms with van der Waals surface area (Å²) in [7, 11) is 1.45. The lowest BCUT2D eigenvalue weighted by Gasteiger charge is -2.11. The number of pyridine rings is 1. The average Bonchev–Trinajstić information content (AvgIpc) is 3.54. The molecule has 160 valence electrons. The third-order valence-electron chi connectivity index (χ3n) is 5.16. The number of hydrogen-bond acceptors (Lipinski definition) is 8. The molecule has 0 bridgehead atoms. The number of aryl methyl sites for hydroxylation is 1. The molecule has 0 fully saturated rings. The van der Waals surface area contributed by atoms with Gasteiger partial charge in [-0.3, -0.25) is 9.78 Å². The molecule has 0 radical (unpaired) electrons. The van der Waals surface area contributed by atoms with Crippen LogP contribution in [0, 0.1) is 0 Å². The van der Waals surface area contributed by atoms with Gasteiger partial charge in [0.05, 0.1) is 19.3 Å². The van der Waals surface area contributed by atoms with Crippen LogP contribution in [0.25, 0.3) is 17.3 Å². The van der Waals surface area contributed by atoms with Gasteiger partial charge in [-0.25, -0.2) is 14.6 Å². The predicted molar refractivity (Wildman–Crippen MR) is 114 cm³/mol. The fourth-order valence-electron chi connectivity index (χ4n) is 3.65. The summed E-state index contributed by atoms with van der Waals surface area (Å²) < 4.78 is 8.74. The van der Waals surface area contributed by atoms with Gasteiger partial charge in [-0.2, -0.15) is 0 Å². The van der Waals surface area contributed by atoms with Crippen molar-refractivity contribution in [2.24, 2.45) is 0 Å². The molecule has 32 heavy (non-hydrogen) atoms. The summed E-state index contributed by atoms with van der Waals surface area (Å²) in [6.45, 7) is 3.90. The molecule has 1 aliphatic rings. The number of nitrogens with zero attached hydrogens (tertiary/aromatic N) is 8. The van der Waals surface area contributed by atoms with Crippen LogP contribution in [0.15, 0.2) is 55.6 Å². The maximum absolute atomic E-state index is 13.0. The Hall–Kier alpha value is -4.41. The van der Waals surface area contributed by atoms with Crippen LogP contribution in [0.4, 0.5) is 5.82 Å². The van der Waals surface area contributed by atoms with Crippen LogP contribution in [-0.2, 0) is 6.42 Å². The zero-order valence-corrected chi connectivity index (χ0v) is 17.2. The number of carbonyl (C=O) groups excluding carboxylic acids is 1. The van der Waals surface area contributed by atoms with Gasteiger partial charge in [0, 0.05) is 25.0 Å². The number of allylic oxidation sites excluding steroid dienone is 1. The molecule has 11 heteroatoms. The lowest BCUT2D eigenvalue weighted by atomic mass is 10.2. The van der Waals surface area contributed by atoms with Gasteiger partial charge in [-0.05, 0) is 18.6 Å². The summed E-state index contributed by atoms with van der Waals surface area (Å²) in [4.78, 5) is 25.7. The Bertz CT molecular complexity index is 1300. The molecule has 5 rings (SSSR count). The van der Waals surface area contributed by atoms with Crippen molar-refractivity contribution in [2.45, 2.75) is 18.9 Å². The van der Waals surface area contributed by atoms with Gasteiger partial charge in [-0.15, -0.1) is 21.9 Å². The van der Waals surface area contributed by atoms with Crippen LogP contribution in [-0.4, -0.2) is 52.5 Å². The van der Waals surface area contributed by atoms with E-state index in [4.69, 9.17) is 4.74 Å². The highest BCUT2D eigenvalue weighted by atomic mass is 16.5. The Morgan fingerprint density at radius 1 is 1.31 bits per heavy atom. The van der Waals surface area contributed by atoms with Crippen LogP contribution < -0.4 is 10.1 Å². The molecular weight excluding hydrogens is 410 g/mol. The molecule has 4 aromatic rings. The highest BCUT2D eigenvalue weighted by molar-refractivity contribution is 6.05. The number of ether oxygens (including phenoxy) is 1. The van der Waals surface area contributed by atoms with Crippen molar-refractivity contribution in [3.8, 4) is 23.2 Å². The standard InChI is InChI=1S/C21H19N9O2/c1-3-13-7-8-17-26-27-19(30(13)17)15-5-4-6-16(24-15)25-20(31)14-12-29(28-21(14)32-2)18-11-22-9-10-23-18/h3-6,9-13H,1,7-8H2,2H3,(H,24,25,31)/t13-/m1/s1. The average molecular weight is 429 g/mol. The molecule has 0 saturated heterocycles. The molecule has 1 amide bonds. The number of aromatic nitrogens is 8. The first-order valence-electron chi connectivity index (χ1n) is 9.93. The molecule has 0 unspecified atom stereocenters. The van der Waals surface area contributed by atoms with Crippen molar-refractivity contribution in [1.82, 2.24) is 39.5 Å². The minimum atomic E-state index is -0.419. The Kier molecular flexibility index (Phi) is 4.90. The van der Waals surface area contributed by atoms with E-state index in [1.165, 1.54) is 30.4 Å². The van der Waals surface area contributed by atoms with Crippen LogP contribution in [0.2, 0.25) is 0 Å². The van der Waals surface area contributed by atoms with Crippen molar-refractivity contribution in [3.63, 3.8) is 0 Å². The quantitative estimate of drug-likeness (QED) is 0.463. The molecule has 1 N–H and O–H groups in total. The number of fused-ring (bicyclic) bond motifs is 1. The van der Waals surface area contributed by atoms with Crippen molar-refractivity contribution in [3.05, 3.63) is 67.0 Å². The van der Waals surface area contributed by atoms with Crippen LogP contribution in [0.3, 0.4) is 0 Å². The van der Waals surface area contributed by atoms with E-state index in [1.54, 1.807) is 18.3 Å². The Morgan fingerprint density at radius 2 is 2.22 bits per heavy atom. The molecule has 4 aromatic heterocycles. The van der Waals surface area contributed by atoms with Crippen LogP contribution in [0.1, 0.15) is 28.6 Å². The first-order chi connectivity index (χ1) is 15.7. The van der Waals surface area contributed by atoms with E-state index in [9.17, 15) is 4.79 Å². The molecular formula is C21H19N9O2. The van der Waals surface area contributed by atoms with E-state index in [2.05, 4.69) is 42.1 Å². The summed E-state index contributed by atoms with van der Waals surface area (Å²) in [5.41, 5.74) is 0.845. The van der Waals surface area contributed by atoms with Crippen molar-refractivity contribution in [2.75, 3.05) is 12.4 Å². The largest absolute Gasteiger partial charge is 0.479 e. The first kappa shape index (κ1) is 19.5. The van der Waals surface area contributed by atoms with Gasteiger partial charge in [0.2, 0.25) is 5.88 Å². The fourth-order valence-corrected chi connectivity index (χ4v) is 3.65. The summed E-state index contributed by atoms with van der Waals surface area (Å²) >= 11 is 0. The normalized spacial score (nSPS) is 14.7. The number of hydrogen-bond donors (Lipinski definition) is 1. The molecule has 11 nitrogen and oxygen atoms in total. The highest BCUT2D eigenvalue weighted by Gasteiger charge is 2.26. The second-order valence-electron chi connectivity index (χ2n) is 7.07. The van der Waals surface area contributed by atoms with Crippen LogP contribution in [0.5, 0.6) is 5.88 Å². The molecule has 1 atom stereocenters. The Morgan fingerprint density at radius 3 is 3.00 bits per heavy atom. The lowest BCUT2D eigenvalue weighted by Crippen LogP contribution is -2.14. The number of amides is 1. The fraction of sp³-hybridized carbons (Fsp3) is 0.190. The Labute approximate surface area is 182 Å². The second kappa shape index (κ2) is 8.02. The zero-order valence-electron chi connectivity index (χ0n) is 17.2. The van der Waals surface area contributed by atoms with Crippen molar-refractivity contribution >= 4 is 11.7 Å². The Balaban J connectivity index is 1.42. The van der Waals surface area contributed by atoms with Gasteiger partial charge >= 0.3 is 0 Å². The number of nitrogens with one attached hydrogen (secondary N) is 1. The SMILES string of the molecule is C=C[C@@H]1CCc2nnc(-c3cccc(NC(=O)c4cn(-c5cnccn5)nc4OC)n3)n21. The van der Waals surface area contributed by atoms with Gasteiger partial charge in [0.25, 0.3) is 5.91 Å². The summed E-state index contributed by atoms with van der Waals surface area (Å²) in [6.07, 6.45) is 9.82. The topological polar surface area (TPSA) is 126 Å². The molecule has 0 aliphatic carbocycles. The van der Waals surface area contributed by atoms with Gasteiger partial charge in [0.1, 0.15) is 22.9 Å². The maximum Gasteiger partial charge on any atom is 0.263 e. The highest BCUT2D eigenvalue weighted by Crippen LogP contribution is 2.31. The third kappa shape index (κ3) is 3.39. The molecule has 1 aliphatic heterocycles. The van der Waals surface area contributed by atoms with E-state index in [0.717, 1.165) is 18.7 Å². The maximum atomic E-state index is 13.0. The van der Waals surface area contributed by atoms with Crippen molar-refractivity contribution < 1.29 is 9.53 Å². The lowest BCUT2D eigenvalue weighted by molar-refractivity contribution is 0.102. The molecule has 0 aromatic carbocycles. The minimum absolute atomic E-state index is 0.131. The van der Waals surface area contributed by atoms with Gasteiger partial charge < -0.3 is 14.6 Å². The van der Waals surface area contributed by atoms with E-state index in [-0.39, 0.29) is 17.5 Å². The predicted octanol–water partition coefficient (Wildman–Crippen LogP) is 2.25. The van der Waals surface area contributed by atoms with E-state index in [1.807, 2.05) is 16.7 Å². The van der Waals surface area contributed by atoms with E-state index < -0.39 is 5.91 Å². The van der Waals surface area contributed by atoms with Gasteiger partial charge in [-0.1, -0.05) is 12.1 Å². The molecule has 0 saturated carbocycles. The van der Waals surface area contributed by atoms with E-state index >= 15 is 0 Å². The monoisotopic (exact) mass is 429 g/mol. The molecule has 5 heterocycles. The summed E-state index contributed by atoms with van der Waals surface area (Å²) in [6, 6.07) is 5.47. The van der Waals surface area contributed by atoms with E-state index in [0.29, 0.717) is 23.2 Å². The van der Waals surface area contributed by atoms with Crippen molar-refractivity contribution in [1.29, 1.82) is 0 Å². The second-order valence-corrected chi connectivity index (χ2v) is 7.07. The minimum Gasteiger partial charge on any atom is -0.479 e. The molecule has 0 spiro atoms. The summed E-state index contributed by atoms with van der Waals surface area (Å²) in [5, 5.41) is 15.6. The van der Waals surface area contributed by atoms with Crippen LogP contribution >= 0.6 is 0 Å². The first-order valence-corrected chi connectivity index (χ1v) is 9.93. The number of anilines is 1. The van der Waals surface area contributed by atoms with Gasteiger partial charge in [0.15, 0.2) is 11.6 Å². The zero-order chi connectivity index (χ0) is 22.1. The smallest absolute Gasteiger partial charge is 0.263 e. The summed E-state index contributed by atoms with van der Waals surface area (Å²) in [5.74, 6) is 2.12. The third-order valence-corrected chi connectivity index (χ3v) is 5.16. The number of methoxy groups -OCH3 is 1. The number of rotatable bonds is 6.